The maximum atomic E-state index is 11.8. The third kappa shape index (κ3) is 2.57. The summed E-state index contributed by atoms with van der Waals surface area (Å²) in [5.41, 5.74) is 0.288. The maximum Gasteiger partial charge on any atom is 0.253 e. The summed E-state index contributed by atoms with van der Waals surface area (Å²) < 4.78 is 0. The molecule has 2 aromatic heterocycles. The highest BCUT2D eigenvalue weighted by molar-refractivity contribution is 5.94. The molecule has 7 nitrogen and oxygen atoms in total. The van der Waals surface area contributed by atoms with Crippen molar-refractivity contribution in [1.82, 2.24) is 25.5 Å². The Balaban J connectivity index is 2.07. The number of aromatic hydroxyl groups is 1. The lowest BCUT2D eigenvalue weighted by Gasteiger charge is -2.10. The van der Waals surface area contributed by atoms with E-state index in [1.807, 2.05) is 0 Å². The van der Waals surface area contributed by atoms with Gasteiger partial charge >= 0.3 is 0 Å². The molecule has 0 fully saturated rings. The third-order valence-corrected chi connectivity index (χ3v) is 2.18. The highest BCUT2D eigenvalue weighted by Crippen LogP contribution is 2.10. The van der Waals surface area contributed by atoms with Gasteiger partial charge in [-0.2, -0.15) is 5.10 Å². The predicted molar refractivity (Wildman–Crippen MR) is 58.2 cm³/mol. The number of hydrogen-bond donors (Lipinski definition) is 3. The molecular weight excluding hydrogens is 222 g/mol. The molecule has 2 aromatic rings. The molecule has 2 heterocycles. The van der Waals surface area contributed by atoms with Crippen molar-refractivity contribution >= 4 is 5.91 Å². The van der Waals surface area contributed by atoms with Gasteiger partial charge in [0.15, 0.2) is 0 Å². The van der Waals surface area contributed by atoms with Gasteiger partial charge in [-0.05, 0) is 13.0 Å². The number of pyridine rings is 1. The fourth-order valence-corrected chi connectivity index (χ4v) is 1.32. The van der Waals surface area contributed by atoms with Crippen LogP contribution in [0.1, 0.15) is 29.1 Å². The van der Waals surface area contributed by atoms with Crippen molar-refractivity contribution < 1.29 is 9.90 Å². The molecule has 17 heavy (non-hydrogen) atoms. The predicted octanol–water partition coefficient (Wildman–Crippen LogP) is 0.396. The molecule has 0 aliphatic rings. The smallest absolute Gasteiger partial charge is 0.253 e. The Morgan fingerprint density at radius 3 is 3.00 bits per heavy atom. The summed E-state index contributed by atoms with van der Waals surface area (Å²) in [6.45, 7) is 1.77. The summed E-state index contributed by atoms with van der Waals surface area (Å²) in [6, 6.07) is 1.04. The van der Waals surface area contributed by atoms with Crippen molar-refractivity contribution in [2.24, 2.45) is 0 Å². The fraction of sp³-hybridized carbons (Fsp3) is 0.200. The molecule has 3 N–H and O–H groups in total. The van der Waals surface area contributed by atoms with E-state index in [2.05, 4.69) is 25.5 Å². The van der Waals surface area contributed by atoms with Gasteiger partial charge in [-0.15, -0.1) is 0 Å². The number of aromatic nitrogens is 4. The van der Waals surface area contributed by atoms with Crippen LogP contribution in [-0.4, -0.2) is 31.2 Å². The number of carbonyl (C=O) groups is 1. The Morgan fingerprint density at radius 1 is 1.53 bits per heavy atom. The minimum absolute atomic E-state index is 0.0510. The van der Waals surface area contributed by atoms with Crippen LogP contribution >= 0.6 is 0 Å². The van der Waals surface area contributed by atoms with Gasteiger partial charge in [0.05, 0.1) is 17.8 Å². The second kappa shape index (κ2) is 4.60. The van der Waals surface area contributed by atoms with Crippen LogP contribution in [0.4, 0.5) is 0 Å². The average molecular weight is 233 g/mol. The molecule has 0 aliphatic carbocycles. The zero-order valence-electron chi connectivity index (χ0n) is 9.08. The van der Waals surface area contributed by atoms with E-state index in [1.165, 1.54) is 24.8 Å². The van der Waals surface area contributed by atoms with Crippen LogP contribution < -0.4 is 5.32 Å². The normalized spacial score (nSPS) is 12.1. The minimum atomic E-state index is -0.336. The summed E-state index contributed by atoms with van der Waals surface area (Å²) >= 11 is 0. The zero-order chi connectivity index (χ0) is 12.3. The number of nitrogens with one attached hydrogen (secondary N) is 2. The molecule has 0 saturated heterocycles. The van der Waals surface area contributed by atoms with E-state index in [4.69, 9.17) is 0 Å². The van der Waals surface area contributed by atoms with Crippen molar-refractivity contribution in [3.63, 3.8) is 0 Å². The number of rotatable bonds is 3. The number of amides is 1. The highest BCUT2D eigenvalue weighted by Gasteiger charge is 2.13. The van der Waals surface area contributed by atoms with Crippen molar-refractivity contribution in [2.75, 3.05) is 0 Å². The van der Waals surface area contributed by atoms with E-state index in [-0.39, 0.29) is 23.3 Å². The van der Waals surface area contributed by atoms with Crippen LogP contribution in [0.15, 0.2) is 24.8 Å². The zero-order valence-corrected chi connectivity index (χ0v) is 9.08. The first kappa shape index (κ1) is 11.1. The molecule has 1 amide bonds. The number of carbonyl (C=O) groups excluding carboxylic acids is 1. The van der Waals surface area contributed by atoms with E-state index < -0.39 is 0 Å². The lowest BCUT2D eigenvalue weighted by Crippen LogP contribution is -2.27. The Bertz CT molecular complexity index is 511. The van der Waals surface area contributed by atoms with Crippen LogP contribution in [0.2, 0.25) is 0 Å². The molecule has 1 unspecified atom stereocenters. The second-order valence-corrected chi connectivity index (χ2v) is 3.50. The molecule has 0 saturated carbocycles. The molecule has 0 radical (unpaired) electrons. The van der Waals surface area contributed by atoms with Gasteiger partial charge in [0.2, 0.25) is 0 Å². The number of H-pyrrole nitrogens is 1. The largest absolute Gasteiger partial charge is 0.506 e. The summed E-state index contributed by atoms with van der Waals surface area (Å²) in [6.07, 6.45) is 4.01. The van der Waals surface area contributed by atoms with Gasteiger partial charge in [0.25, 0.3) is 5.91 Å². The van der Waals surface area contributed by atoms with Crippen molar-refractivity contribution in [3.8, 4) is 5.75 Å². The van der Waals surface area contributed by atoms with Crippen molar-refractivity contribution in [3.05, 3.63) is 36.2 Å². The van der Waals surface area contributed by atoms with Gasteiger partial charge in [0.1, 0.15) is 17.9 Å². The molecule has 0 spiro atoms. The Hall–Kier alpha value is -2.44. The fourth-order valence-electron chi connectivity index (χ4n) is 1.32. The molecule has 2 rings (SSSR count). The van der Waals surface area contributed by atoms with Crippen molar-refractivity contribution in [1.29, 1.82) is 0 Å². The molecule has 0 aliphatic heterocycles. The minimum Gasteiger partial charge on any atom is -0.506 e. The SMILES string of the molecule is CC(NC(=O)c1cncc(O)c1)c1ncn[nH]1. The van der Waals surface area contributed by atoms with Gasteiger partial charge in [-0.3, -0.25) is 14.9 Å². The highest BCUT2D eigenvalue weighted by atomic mass is 16.3. The van der Waals surface area contributed by atoms with Gasteiger partial charge in [0, 0.05) is 6.20 Å². The van der Waals surface area contributed by atoms with Gasteiger partial charge in [-0.1, -0.05) is 0 Å². The second-order valence-electron chi connectivity index (χ2n) is 3.50. The molecule has 1 atom stereocenters. The Labute approximate surface area is 96.9 Å². The molecule has 0 bridgehead atoms. The quantitative estimate of drug-likeness (QED) is 0.711. The van der Waals surface area contributed by atoms with Crippen LogP contribution in [0.3, 0.4) is 0 Å². The van der Waals surface area contributed by atoms with Crippen LogP contribution in [-0.2, 0) is 0 Å². The lowest BCUT2D eigenvalue weighted by atomic mass is 10.2. The van der Waals surface area contributed by atoms with E-state index in [0.717, 1.165) is 0 Å². The first-order chi connectivity index (χ1) is 8.16. The summed E-state index contributed by atoms with van der Waals surface area (Å²) in [5.74, 6) is 0.175. The van der Waals surface area contributed by atoms with E-state index >= 15 is 0 Å². The van der Waals surface area contributed by atoms with E-state index in [9.17, 15) is 9.90 Å². The van der Waals surface area contributed by atoms with Gasteiger partial charge < -0.3 is 10.4 Å². The number of hydrogen-bond acceptors (Lipinski definition) is 5. The monoisotopic (exact) mass is 233 g/mol. The van der Waals surface area contributed by atoms with Crippen molar-refractivity contribution in [2.45, 2.75) is 13.0 Å². The first-order valence-corrected chi connectivity index (χ1v) is 4.97. The van der Waals surface area contributed by atoms with Gasteiger partial charge in [-0.25, -0.2) is 4.98 Å². The molecule has 7 heteroatoms. The molecular formula is C10H11N5O2. The summed E-state index contributed by atoms with van der Waals surface area (Å²) in [5, 5.41) is 18.3. The Kier molecular flexibility index (Phi) is 2.99. The average Bonchev–Trinajstić information content (AvgIpc) is 2.82. The van der Waals surface area contributed by atoms with Crippen LogP contribution in [0.5, 0.6) is 5.75 Å². The Morgan fingerprint density at radius 2 is 2.35 bits per heavy atom. The number of aromatic amines is 1. The summed E-state index contributed by atoms with van der Waals surface area (Å²) in [4.78, 5) is 19.4. The summed E-state index contributed by atoms with van der Waals surface area (Å²) in [7, 11) is 0. The maximum absolute atomic E-state index is 11.8. The van der Waals surface area contributed by atoms with E-state index in [0.29, 0.717) is 5.82 Å². The van der Waals surface area contributed by atoms with Crippen LogP contribution in [0.25, 0.3) is 0 Å². The van der Waals surface area contributed by atoms with E-state index in [1.54, 1.807) is 6.92 Å². The number of nitrogens with zero attached hydrogens (tertiary/aromatic N) is 3. The topological polar surface area (TPSA) is 104 Å². The lowest BCUT2D eigenvalue weighted by molar-refractivity contribution is 0.0937. The first-order valence-electron chi connectivity index (χ1n) is 4.97. The third-order valence-electron chi connectivity index (χ3n) is 2.18. The van der Waals surface area contributed by atoms with Crippen LogP contribution in [0, 0.1) is 0 Å². The standard InChI is InChI=1S/C10H11N5O2/c1-6(9-12-5-13-15-9)14-10(17)7-2-8(16)4-11-3-7/h2-6,16H,1H3,(H,14,17)(H,12,13,15). The molecule has 0 aromatic carbocycles. The molecule has 88 valence electrons.